The van der Waals surface area contributed by atoms with Crippen molar-refractivity contribution in [2.75, 3.05) is 6.54 Å². The highest BCUT2D eigenvalue weighted by atomic mass is 32.1. The maximum Gasteiger partial charge on any atom is 0.0952 e. The number of rotatable bonds is 6. The number of hydrogen-bond acceptors (Lipinski definition) is 3. The van der Waals surface area contributed by atoms with Gasteiger partial charge in [0, 0.05) is 22.5 Å². The van der Waals surface area contributed by atoms with Gasteiger partial charge in [0.15, 0.2) is 0 Å². The van der Waals surface area contributed by atoms with Crippen LogP contribution >= 0.6 is 11.3 Å². The lowest BCUT2D eigenvalue weighted by molar-refractivity contribution is 0.632. The molecule has 0 aliphatic heterocycles. The van der Waals surface area contributed by atoms with Crippen LogP contribution in [0.2, 0.25) is 0 Å². The van der Waals surface area contributed by atoms with Crippen molar-refractivity contribution in [3.05, 3.63) is 39.6 Å². The molecule has 3 nitrogen and oxygen atoms in total. The van der Waals surface area contributed by atoms with E-state index in [0.717, 1.165) is 26.1 Å². The summed E-state index contributed by atoms with van der Waals surface area (Å²) in [5.74, 6) is 0. The van der Waals surface area contributed by atoms with Gasteiger partial charge >= 0.3 is 0 Å². The molecule has 0 fully saturated rings. The Morgan fingerprint density at radius 2 is 2.22 bits per heavy atom. The summed E-state index contributed by atoms with van der Waals surface area (Å²) >= 11 is 1.88. The molecule has 1 N–H and O–H groups in total. The lowest BCUT2D eigenvalue weighted by atomic mass is 10.3. The van der Waals surface area contributed by atoms with Crippen molar-refractivity contribution < 1.29 is 0 Å². The van der Waals surface area contributed by atoms with E-state index in [1.165, 1.54) is 21.0 Å². The summed E-state index contributed by atoms with van der Waals surface area (Å²) < 4.78 is 2.23. The van der Waals surface area contributed by atoms with E-state index in [1.807, 2.05) is 23.9 Å². The van der Waals surface area contributed by atoms with E-state index in [0.29, 0.717) is 0 Å². The topological polar surface area (TPSA) is 29.9 Å². The molecule has 2 aromatic heterocycles. The highest BCUT2D eigenvalue weighted by Crippen LogP contribution is 2.21. The van der Waals surface area contributed by atoms with Gasteiger partial charge in [0.2, 0.25) is 0 Å². The lowest BCUT2D eigenvalue weighted by Crippen LogP contribution is -2.16. The Kier molecular flexibility index (Phi) is 4.55. The van der Waals surface area contributed by atoms with Crippen LogP contribution in [0.15, 0.2) is 18.6 Å². The fourth-order valence-corrected chi connectivity index (χ4v) is 2.98. The first-order chi connectivity index (χ1) is 8.70. The second-order valence-corrected chi connectivity index (χ2v) is 5.98. The maximum atomic E-state index is 4.25. The molecule has 0 saturated carbocycles. The van der Waals surface area contributed by atoms with E-state index < -0.39 is 0 Å². The van der Waals surface area contributed by atoms with E-state index in [2.05, 4.69) is 41.7 Å². The van der Waals surface area contributed by atoms with Gasteiger partial charge in [-0.05, 0) is 38.4 Å². The predicted octanol–water partition coefficient (Wildman–Crippen LogP) is 3.11. The van der Waals surface area contributed by atoms with Crippen molar-refractivity contribution >= 4 is 11.3 Å². The molecule has 2 rings (SSSR count). The standard InChI is InChI=1S/C14H21N3S/c1-4-5-15-7-13-8-16-10-17(13)9-14-6-11(2)12(3)18-14/h6,8,10,15H,4-5,7,9H2,1-3H3. The third kappa shape index (κ3) is 3.21. The van der Waals surface area contributed by atoms with Crippen LogP contribution in [0.5, 0.6) is 0 Å². The van der Waals surface area contributed by atoms with Gasteiger partial charge in [-0.2, -0.15) is 0 Å². The van der Waals surface area contributed by atoms with Crippen LogP contribution in [-0.4, -0.2) is 16.1 Å². The molecule has 0 atom stereocenters. The molecule has 0 aromatic carbocycles. The van der Waals surface area contributed by atoms with Gasteiger partial charge in [-0.1, -0.05) is 6.92 Å². The van der Waals surface area contributed by atoms with Gasteiger partial charge in [0.25, 0.3) is 0 Å². The Balaban J connectivity index is 2.02. The summed E-state index contributed by atoms with van der Waals surface area (Å²) in [6.07, 6.45) is 5.04. The normalized spacial score (nSPS) is 11.1. The highest BCUT2D eigenvalue weighted by molar-refractivity contribution is 7.12. The summed E-state index contributed by atoms with van der Waals surface area (Å²) in [5.41, 5.74) is 2.65. The average Bonchev–Trinajstić information content (AvgIpc) is 2.88. The van der Waals surface area contributed by atoms with Crippen molar-refractivity contribution in [1.82, 2.24) is 14.9 Å². The molecule has 0 aliphatic carbocycles. The van der Waals surface area contributed by atoms with E-state index in [-0.39, 0.29) is 0 Å². The molecule has 2 heterocycles. The third-order valence-corrected chi connectivity index (χ3v) is 4.21. The minimum absolute atomic E-state index is 0.900. The Labute approximate surface area is 113 Å². The van der Waals surface area contributed by atoms with Gasteiger partial charge in [-0.25, -0.2) is 4.98 Å². The maximum absolute atomic E-state index is 4.25. The molecule has 0 saturated heterocycles. The summed E-state index contributed by atoms with van der Waals surface area (Å²) in [5, 5.41) is 3.42. The number of imidazole rings is 1. The minimum atomic E-state index is 0.900. The van der Waals surface area contributed by atoms with Crippen LogP contribution in [0.3, 0.4) is 0 Å². The van der Waals surface area contributed by atoms with Crippen molar-refractivity contribution in [3.63, 3.8) is 0 Å². The predicted molar refractivity (Wildman–Crippen MR) is 77.1 cm³/mol. The zero-order valence-electron chi connectivity index (χ0n) is 11.4. The van der Waals surface area contributed by atoms with Gasteiger partial charge in [-0.15, -0.1) is 11.3 Å². The molecule has 98 valence electrons. The SMILES string of the molecule is CCCNCc1cncn1Cc1cc(C)c(C)s1. The Bertz CT molecular complexity index is 479. The quantitative estimate of drug-likeness (QED) is 0.812. The van der Waals surface area contributed by atoms with Crippen LogP contribution in [0.4, 0.5) is 0 Å². The molecule has 0 amide bonds. The number of aromatic nitrogens is 2. The van der Waals surface area contributed by atoms with E-state index in [1.54, 1.807) is 0 Å². The van der Waals surface area contributed by atoms with Gasteiger partial charge in [-0.3, -0.25) is 0 Å². The molecule has 0 radical (unpaired) electrons. The largest absolute Gasteiger partial charge is 0.328 e. The molecule has 4 heteroatoms. The molecule has 0 aliphatic rings. The van der Waals surface area contributed by atoms with Crippen LogP contribution in [0.1, 0.15) is 34.4 Å². The van der Waals surface area contributed by atoms with Crippen LogP contribution < -0.4 is 5.32 Å². The molecular weight excluding hydrogens is 242 g/mol. The van der Waals surface area contributed by atoms with E-state index in [9.17, 15) is 0 Å². The van der Waals surface area contributed by atoms with E-state index >= 15 is 0 Å². The van der Waals surface area contributed by atoms with Crippen molar-refractivity contribution in [2.24, 2.45) is 0 Å². The number of aryl methyl sites for hydroxylation is 2. The zero-order valence-corrected chi connectivity index (χ0v) is 12.2. The molecule has 0 unspecified atom stereocenters. The minimum Gasteiger partial charge on any atom is -0.328 e. The second kappa shape index (κ2) is 6.16. The average molecular weight is 263 g/mol. The Morgan fingerprint density at radius 3 is 2.89 bits per heavy atom. The first kappa shape index (κ1) is 13.3. The Morgan fingerprint density at radius 1 is 1.39 bits per heavy atom. The van der Waals surface area contributed by atoms with Crippen molar-refractivity contribution in [1.29, 1.82) is 0 Å². The fraction of sp³-hybridized carbons (Fsp3) is 0.500. The first-order valence-electron chi connectivity index (χ1n) is 6.46. The van der Waals surface area contributed by atoms with Crippen molar-refractivity contribution in [3.8, 4) is 0 Å². The van der Waals surface area contributed by atoms with Gasteiger partial charge in [0.05, 0.1) is 18.6 Å². The lowest BCUT2D eigenvalue weighted by Gasteiger charge is -2.07. The van der Waals surface area contributed by atoms with Crippen LogP contribution in [0.25, 0.3) is 0 Å². The number of hydrogen-bond donors (Lipinski definition) is 1. The van der Waals surface area contributed by atoms with Crippen LogP contribution in [-0.2, 0) is 13.1 Å². The third-order valence-electron chi connectivity index (χ3n) is 3.07. The second-order valence-electron chi connectivity index (χ2n) is 4.64. The highest BCUT2D eigenvalue weighted by Gasteiger charge is 2.06. The zero-order chi connectivity index (χ0) is 13.0. The van der Waals surface area contributed by atoms with Crippen LogP contribution in [0, 0.1) is 13.8 Å². The van der Waals surface area contributed by atoms with Gasteiger partial charge in [0.1, 0.15) is 0 Å². The van der Waals surface area contributed by atoms with Gasteiger partial charge < -0.3 is 9.88 Å². The smallest absolute Gasteiger partial charge is 0.0952 e. The number of nitrogens with zero attached hydrogens (tertiary/aromatic N) is 2. The van der Waals surface area contributed by atoms with E-state index in [4.69, 9.17) is 0 Å². The number of nitrogens with one attached hydrogen (secondary N) is 1. The molecule has 0 bridgehead atoms. The fourth-order valence-electron chi connectivity index (χ4n) is 1.93. The first-order valence-corrected chi connectivity index (χ1v) is 7.28. The summed E-state index contributed by atoms with van der Waals surface area (Å²) in [6.45, 7) is 9.43. The summed E-state index contributed by atoms with van der Waals surface area (Å²) in [7, 11) is 0. The molecule has 18 heavy (non-hydrogen) atoms. The summed E-state index contributed by atoms with van der Waals surface area (Å²) in [6, 6.07) is 2.28. The van der Waals surface area contributed by atoms with Crippen molar-refractivity contribution in [2.45, 2.75) is 40.3 Å². The molecule has 0 spiro atoms. The monoisotopic (exact) mass is 263 g/mol. The summed E-state index contributed by atoms with van der Waals surface area (Å²) in [4.78, 5) is 7.07. The molecule has 2 aromatic rings. The Hall–Kier alpha value is -1.13. The number of thiophene rings is 1. The molecular formula is C14H21N3S.